The summed E-state index contributed by atoms with van der Waals surface area (Å²) in [4.78, 5) is 22.7. The molecule has 0 unspecified atom stereocenters. The van der Waals surface area contributed by atoms with Gasteiger partial charge in [0.25, 0.3) is 0 Å². The van der Waals surface area contributed by atoms with Gasteiger partial charge in [-0.05, 0) is 131 Å². The third-order valence-electron chi connectivity index (χ3n) is 8.50. The molecule has 0 aliphatic rings. The minimum absolute atomic E-state index is 0.169. The normalized spacial score (nSPS) is 10.0. The Morgan fingerprint density at radius 2 is 0.638 bits per heavy atom. The number of carboxylic acid groups (broad SMARTS) is 2. The number of hydrogen-bond donors (Lipinski definition) is 4. The first-order valence-electron chi connectivity index (χ1n) is 17.8. The van der Waals surface area contributed by atoms with Crippen LogP contribution in [-0.4, -0.2) is 46.0 Å². The van der Waals surface area contributed by atoms with E-state index in [9.17, 15) is 19.8 Å². The van der Waals surface area contributed by atoms with Gasteiger partial charge in [-0.15, -0.1) is 0 Å². The standard InChI is InChI=1S/C50H34O8/c51-33-57-31-39-9-1-35(2-10-39)5-13-41-25-43(15-7-37-17-21-45(22-18-37)49(53)54)29-47(27-41)48-28-42(14-6-36-3-11-40(12-4-36)32-58-34-52)26-44(30-48)16-8-38-19-23-46(24-20-38)50(55)56/h1-4,9-12,17-30,51-52H,31-34H2,(H,53,54)(H,55,56). The van der Waals surface area contributed by atoms with Crippen LogP contribution >= 0.6 is 0 Å². The Hall–Kier alpha value is -7.66. The van der Waals surface area contributed by atoms with Crippen molar-refractivity contribution in [2.75, 3.05) is 13.6 Å². The van der Waals surface area contributed by atoms with Crippen LogP contribution in [0.5, 0.6) is 0 Å². The van der Waals surface area contributed by atoms with Crippen LogP contribution in [0.1, 0.15) is 76.4 Å². The minimum Gasteiger partial charge on any atom is -0.478 e. The molecule has 8 nitrogen and oxygen atoms in total. The second kappa shape index (κ2) is 19.8. The van der Waals surface area contributed by atoms with Crippen molar-refractivity contribution in [3.63, 3.8) is 0 Å². The van der Waals surface area contributed by atoms with Crippen LogP contribution in [0.3, 0.4) is 0 Å². The molecule has 0 amide bonds. The lowest BCUT2D eigenvalue weighted by molar-refractivity contribution is -0.0115. The van der Waals surface area contributed by atoms with Crippen LogP contribution in [-0.2, 0) is 22.7 Å². The van der Waals surface area contributed by atoms with Crippen molar-refractivity contribution >= 4 is 11.9 Å². The molecule has 6 aromatic rings. The quantitative estimate of drug-likeness (QED) is 0.0893. The number of rotatable bonds is 9. The number of aliphatic hydroxyl groups is 2. The molecular formula is C50H34O8. The van der Waals surface area contributed by atoms with Crippen LogP contribution in [0.15, 0.2) is 133 Å². The molecule has 0 heterocycles. The van der Waals surface area contributed by atoms with E-state index >= 15 is 0 Å². The Morgan fingerprint density at radius 3 is 0.897 bits per heavy atom. The van der Waals surface area contributed by atoms with Crippen molar-refractivity contribution in [1.82, 2.24) is 0 Å². The SMILES string of the molecule is O=C(O)c1ccc(C#Cc2cc(C#Cc3ccc(COCO)cc3)cc(-c3cc(C#Cc4ccc(COCO)cc4)cc(C#Cc4ccc(C(=O)O)cc4)c3)c2)cc1. The summed E-state index contributed by atoms with van der Waals surface area (Å²) < 4.78 is 10.2. The van der Waals surface area contributed by atoms with Gasteiger partial charge in [0.05, 0.1) is 24.3 Å². The van der Waals surface area contributed by atoms with Crippen LogP contribution in [0, 0.1) is 47.4 Å². The zero-order valence-electron chi connectivity index (χ0n) is 31.0. The van der Waals surface area contributed by atoms with Gasteiger partial charge in [0, 0.05) is 44.5 Å². The molecule has 0 atom stereocenters. The maximum atomic E-state index is 11.4. The molecule has 0 saturated carbocycles. The first-order chi connectivity index (χ1) is 28.2. The second-order valence-electron chi connectivity index (χ2n) is 12.7. The summed E-state index contributed by atoms with van der Waals surface area (Å²) in [6.07, 6.45) is 0. The topological polar surface area (TPSA) is 134 Å². The van der Waals surface area contributed by atoms with Gasteiger partial charge in [-0.3, -0.25) is 0 Å². The lowest BCUT2D eigenvalue weighted by Gasteiger charge is -2.07. The van der Waals surface area contributed by atoms with E-state index in [0.717, 1.165) is 33.4 Å². The van der Waals surface area contributed by atoms with Gasteiger partial charge in [-0.2, -0.15) is 0 Å². The Bertz CT molecular complexity index is 2490. The average Bonchev–Trinajstić information content (AvgIpc) is 3.25. The third-order valence-corrected chi connectivity index (χ3v) is 8.50. The van der Waals surface area contributed by atoms with E-state index in [0.29, 0.717) is 33.4 Å². The number of ether oxygens (including phenoxy) is 2. The molecule has 6 aromatic carbocycles. The van der Waals surface area contributed by atoms with Gasteiger partial charge in [0.1, 0.15) is 13.6 Å². The summed E-state index contributed by atoms with van der Waals surface area (Å²) in [7, 11) is 0. The molecule has 8 heteroatoms. The summed E-state index contributed by atoms with van der Waals surface area (Å²) in [6.45, 7) is -0.153. The second-order valence-corrected chi connectivity index (χ2v) is 12.7. The molecule has 0 fully saturated rings. The maximum absolute atomic E-state index is 11.4. The summed E-state index contributed by atoms with van der Waals surface area (Å²) >= 11 is 0. The molecule has 0 radical (unpaired) electrons. The Labute approximate surface area is 336 Å². The summed E-state index contributed by atoms with van der Waals surface area (Å²) in [6, 6.07) is 39.4. The lowest BCUT2D eigenvalue weighted by Crippen LogP contribution is -1.95. The Morgan fingerprint density at radius 1 is 0.379 bits per heavy atom. The predicted octanol–water partition coefficient (Wildman–Crippen LogP) is 7.28. The fourth-order valence-corrected chi connectivity index (χ4v) is 5.54. The molecule has 0 aliphatic heterocycles. The van der Waals surface area contributed by atoms with Gasteiger partial charge < -0.3 is 29.9 Å². The summed E-state index contributed by atoms with van der Waals surface area (Å²) in [5, 5.41) is 36.6. The van der Waals surface area contributed by atoms with Crippen LogP contribution < -0.4 is 0 Å². The van der Waals surface area contributed by atoms with Crippen LogP contribution in [0.4, 0.5) is 0 Å². The van der Waals surface area contributed by atoms with E-state index in [2.05, 4.69) is 47.4 Å². The number of benzene rings is 6. The van der Waals surface area contributed by atoms with Crippen molar-refractivity contribution in [3.05, 3.63) is 200 Å². The first-order valence-corrected chi connectivity index (χ1v) is 17.8. The number of carboxylic acids is 2. The van der Waals surface area contributed by atoms with Crippen LogP contribution in [0.2, 0.25) is 0 Å². The summed E-state index contributed by atoms with van der Waals surface area (Å²) in [5.74, 6) is 23.7. The highest BCUT2D eigenvalue weighted by molar-refractivity contribution is 5.88. The van der Waals surface area contributed by atoms with Gasteiger partial charge in [0.15, 0.2) is 0 Å². The first kappa shape index (κ1) is 40.0. The van der Waals surface area contributed by atoms with Gasteiger partial charge in [-0.1, -0.05) is 71.6 Å². The Balaban J connectivity index is 1.43. The van der Waals surface area contributed by atoms with E-state index < -0.39 is 11.9 Å². The van der Waals surface area contributed by atoms with Crippen molar-refractivity contribution in [3.8, 4) is 58.5 Å². The van der Waals surface area contributed by atoms with Crippen molar-refractivity contribution < 1.29 is 39.5 Å². The molecule has 4 N–H and O–H groups in total. The highest BCUT2D eigenvalue weighted by Crippen LogP contribution is 2.25. The highest BCUT2D eigenvalue weighted by atomic mass is 16.6. The number of aromatic carboxylic acids is 2. The smallest absolute Gasteiger partial charge is 0.335 e. The lowest BCUT2D eigenvalue weighted by atomic mass is 9.96. The monoisotopic (exact) mass is 762 g/mol. The van der Waals surface area contributed by atoms with Gasteiger partial charge in [0.2, 0.25) is 0 Å². The molecule has 6 rings (SSSR count). The maximum Gasteiger partial charge on any atom is 0.335 e. The Kier molecular flexibility index (Phi) is 13.6. The van der Waals surface area contributed by atoms with E-state index in [1.54, 1.807) is 24.3 Å². The number of hydrogen-bond acceptors (Lipinski definition) is 6. The largest absolute Gasteiger partial charge is 0.478 e. The predicted molar refractivity (Wildman–Crippen MR) is 219 cm³/mol. The van der Waals surface area contributed by atoms with Crippen molar-refractivity contribution in [2.24, 2.45) is 0 Å². The zero-order valence-corrected chi connectivity index (χ0v) is 31.0. The van der Waals surface area contributed by atoms with E-state index in [1.807, 2.05) is 84.9 Å². The molecule has 282 valence electrons. The van der Waals surface area contributed by atoms with Crippen molar-refractivity contribution in [2.45, 2.75) is 13.2 Å². The molecule has 0 spiro atoms. The minimum atomic E-state index is -1.02. The average molecular weight is 763 g/mol. The zero-order chi connectivity index (χ0) is 40.7. The van der Waals surface area contributed by atoms with Crippen LogP contribution in [0.25, 0.3) is 11.1 Å². The van der Waals surface area contributed by atoms with E-state index in [-0.39, 0.29) is 37.9 Å². The van der Waals surface area contributed by atoms with Gasteiger partial charge in [-0.25, -0.2) is 9.59 Å². The number of aliphatic hydroxyl groups excluding tert-OH is 2. The summed E-state index contributed by atoms with van der Waals surface area (Å²) in [5.41, 5.74) is 9.36. The van der Waals surface area contributed by atoms with E-state index in [4.69, 9.17) is 19.7 Å². The fourth-order valence-electron chi connectivity index (χ4n) is 5.54. The highest BCUT2D eigenvalue weighted by Gasteiger charge is 2.07. The van der Waals surface area contributed by atoms with Crippen molar-refractivity contribution in [1.29, 1.82) is 0 Å². The third kappa shape index (κ3) is 11.7. The van der Waals surface area contributed by atoms with Gasteiger partial charge >= 0.3 is 11.9 Å². The molecule has 0 aliphatic carbocycles. The number of carbonyl (C=O) groups is 2. The molecule has 0 saturated heterocycles. The molecule has 0 aromatic heterocycles. The fraction of sp³-hybridized carbons (Fsp3) is 0.0800. The molecule has 0 bridgehead atoms. The van der Waals surface area contributed by atoms with E-state index in [1.165, 1.54) is 24.3 Å². The molecular weight excluding hydrogens is 729 g/mol. The molecule has 58 heavy (non-hydrogen) atoms.